The molecule has 0 bridgehead atoms. The SMILES string of the molecule is C=CCOc1c(C)cccc1CNC1CC1. The minimum atomic E-state index is 0.571. The molecule has 1 aromatic carbocycles. The minimum Gasteiger partial charge on any atom is -0.489 e. The average Bonchev–Trinajstić information content (AvgIpc) is 3.09. The number of nitrogens with one attached hydrogen (secondary N) is 1. The second kappa shape index (κ2) is 5.17. The van der Waals surface area contributed by atoms with Gasteiger partial charge in [-0.25, -0.2) is 0 Å². The molecule has 2 heteroatoms. The van der Waals surface area contributed by atoms with Crippen molar-refractivity contribution in [1.82, 2.24) is 5.32 Å². The highest BCUT2D eigenvalue weighted by molar-refractivity contribution is 5.40. The third-order valence-electron chi connectivity index (χ3n) is 2.80. The highest BCUT2D eigenvalue weighted by Gasteiger charge is 2.20. The molecule has 16 heavy (non-hydrogen) atoms. The van der Waals surface area contributed by atoms with Gasteiger partial charge in [0.05, 0.1) is 0 Å². The predicted octanol–water partition coefficient (Wildman–Crippen LogP) is 2.81. The van der Waals surface area contributed by atoms with Crippen LogP contribution >= 0.6 is 0 Å². The summed E-state index contributed by atoms with van der Waals surface area (Å²) in [7, 11) is 0. The molecule has 2 rings (SSSR count). The Morgan fingerprint density at radius 3 is 3.00 bits per heavy atom. The highest BCUT2D eigenvalue weighted by Crippen LogP contribution is 2.25. The second-order valence-electron chi connectivity index (χ2n) is 4.32. The summed E-state index contributed by atoms with van der Waals surface area (Å²) in [6, 6.07) is 7.02. The standard InChI is InChI=1S/C14H19NO/c1-3-9-16-14-11(2)5-4-6-12(14)10-15-13-7-8-13/h3-6,13,15H,1,7-10H2,2H3. The Balaban J connectivity index is 2.06. The molecule has 0 atom stereocenters. The molecular weight excluding hydrogens is 198 g/mol. The molecule has 86 valence electrons. The van der Waals surface area contributed by atoms with Gasteiger partial charge < -0.3 is 10.1 Å². The molecule has 0 aliphatic heterocycles. The number of ether oxygens (including phenoxy) is 1. The fourth-order valence-corrected chi connectivity index (χ4v) is 1.74. The lowest BCUT2D eigenvalue weighted by molar-refractivity contribution is 0.355. The molecule has 1 aliphatic rings. The van der Waals surface area contributed by atoms with Crippen molar-refractivity contribution in [2.24, 2.45) is 0 Å². The monoisotopic (exact) mass is 217 g/mol. The van der Waals surface area contributed by atoms with Crippen LogP contribution in [0.2, 0.25) is 0 Å². The lowest BCUT2D eigenvalue weighted by Crippen LogP contribution is -2.16. The number of hydrogen-bond acceptors (Lipinski definition) is 2. The van der Waals surface area contributed by atoms with E-state index in [0.717, 1.165) is 18.3 Å². The molecule has 0 amide bonds. The van der Waals surface area contributed by atoms with E-state index in [1.54, 1.807) is 6.08 Å². The maximum Gasteiger partial charge on any atom is 0.127 e. The Morgan fingerprint density at radius 2 is 2.31 bits per heavy atom. The number of rotatable bonds is 6. The van der Waals surface area contributed by atoms with Gasteiger partial charge >= 0.3 is 0 Å². The molecule has 0 spiro atoms. The van der Waals surface area contributed by atoms with E-state index in [9.17, 15) is 0 Å². The second-order valence-corrected chi connectivity index (χ2v) is 4.32. The summed E-state index contributed by atoms with van der Waals surface area (Å²) in [5, 5.41) is 3.51. The first-order chi connectivity index (χ1) is 7.81. The minimum absolute atomic E-state index is 0.571. The van der Waals surface area contributed by atoms with E-state index in [2.05, 4.69) is 37.0 Å². The zero-order chi connectivity index (χ0) is 11.4. The Labute approximate surface area is 97.3 Å². The molecule has 0 saturated heterocycles. The molecule has 0 aromatic heterocycles. The van der Waals surface area contributed by atoms with E-state index in [4.69, 9.17) is 4.74 Å². The van der Waals surface area contributed by atoms with Crippen molar-refractivity contribution in [3.63, 3.8) is 0 Å². The van der Waals surface area contributed by atoms with E-state index in [1.807, 2.05) is 0 Å². The van der Waals surface area contributed by atoms with Gasteiger partial charge in [-0.05, 0) is 25.3 Å². The summed E-state index contributed by atoms with van der Waals surface area (Å²) >= 11 is 0. The molecule has 1 fully saturated rings. The lowest BCUT2D eigenvalue weighted by Gasteiger charge is -2.13. The third kappa shape index (κ3) is 2.86. The predicted molar refractivity (Wildman–Crippen MR) is 66.7 cm³/mol. The van der Waals surface area contributed by atoms with Gasteiger partial charge in [-0.2, -0.15) is 0 Å². The lowest BCUT2D eigenvalue weighted by atomic mass is 10.1. The number of para-hydroxylation sites is 1. The molecule has 1 aliphatic carbocycles. The van der Waals surface area contributed by atoms with Gasteiger partial charge in [-0.15, -0.1) is 0 Å². The Morgan fingerprint density at radius 1 is 1.50 bits per heavy atom. The summed E-state index contributed by atoms with van der Waals surface area (Å²) in [6.45, 7) is 7.23. The van der Waals surface area contributed by atoms with Crippen molar-refractivity contribution in [2.75, 3.05) is 6.61 Å². The summed E-state index contributed by atoms with van der Waals surface area (Å²) in [5.74, 6) is 1.01. The first-order valence-corrected chi connectivity index (χ1v) is 5.87. The molecule has 0 heterocycles. The number of hydrogen-bond donors (Lipinski definition) is 1. The van der Waals surface area contributed by atoms with Crippen LogP contribution in [-0.2, 0) is 6.54 Å². The fraction of sp³-hybridized carbons (Fsp3) is 0.429. The van der Waals surface area contributed by atoms with Crippen LogP contribution in [0.15, 0.2) is 30.9 Å². The molecule has 1 aromatic rings. The van der Waals surface area contributed by atoms with E-state index in [-0.39, 0.29) is 0 Å². The summed E-state index contributed by atoms with van der Waals surface area (Å²) in [4.78, 5) is 0. The van der Waals surface area contributed by atoms with Crippen LogP contribution in [0.1, 0.15) is 24.0 Å². The van der Waals surface area contributed by atoms with Crippen molar-refractivity contribution in [2.45, 2.75) is 32.4 Å². The van der Waals surface area contributed by atoms with Crippen molar-refractivity contribution in [3.8, 4) is 5.75 Å². The highest BCUT2D eigenvalue weighted by atomic mass is 16.5. The van der Waals surface area contributed by atoms with Gasteiger partial charge in [0.25, 0.3) is 0 Å². The van der Waals surface area contributed by atoms with Gasteiger partial charge in [0, 0.05) is 18.2 Å². The van der Waals surface area contributed by atoms with Gasteiger partial charge in [0.1, 0.15) is 12.4 Å². The first kappa shape index (κ1) is 11.2. The molecule has 2 nitrogen and oxygen atoms in total. The van der Waals surface area contributed by atoms with Crippen LogP contribution in [-0.4, -0.2) is 12.6 Å². The van der Waals surface area contributed by atoms with Crippen LogP contribution in [0.5, 0.6) is 5.75 Å². The normalized spacial score (nSPS) is 14.8. The van der Waals surface area contributed by atoms with E-state index < -0.39 is 0 Å². The number of aryl methyl sites for hydroxylation is 1. The van der Waals surface area contributed by atoms with Crippen LogP contribution in [0.4, 0.5) is 0 Å². The third-order valence-corrected chi connectivity index (χ3v) is 2.80. The van der Waals surface area contributed by atoms with Crippen LogP contribution in [0, 0.1) is 6.92 Å². The Bertz CT molecular complexity index is 369. The van der Waals surface area contributed by atoms with Crippen LogP contribution in [0.3, 0.4) is 0 Å². The summed E-state index contributed by atoms with van der Waals surface area (Å²) < 4.78 is 5.71. The van der Waals surface area contributed by atoms with Crippen molar-refractivity contribution in [3.05, 3.63) is 42.0 Å². The van der Waals surface area contributed by atoms with Crippen LogP contribution in [0.25, 0.3) is 0 Å². The summed E-state index contributed by atoms with van der Waals surface area (Å²) in [6.07, 6.45) is 4.41. The molecular formula is C14H19NO. The molecule has 0 radical (unpaired) electrons. The zero-order valence-corrected chi connectivity index (χ0v) is 9.83. The summed E-state index contributed by atoms with van der Waals surface area (Å²) in [5.41, 5.74) is 2.44. The van der Waals surface area contributed by atoms with E-state index in [0.29, 0.717) is 6.61 Å². The molecule has 0 unspecified atom stereocenters. The molecule has 1 saturated carbocycles. The average molecular weight is 217 g/mol. The largest absolute Gasteiger partial charge is 0.489 e. The van der Waals surface area contributed by atoms with Crippen molar-refractivity contribution in [1.29, 1.82) is 0 Å². The van der Waals surface area contributed by atoms with E-state index >= 15 is 0 Å². The number of benzene rings is 1. The van der Waals surface area contributed by atoms with Gasteiger partial charge in [-0.1, -0.05) is 30.9 Å². The van der Waals surface area contributed by atoms with Gasteiger partial charge in [-0.3, -0.25) is 0 Å². The maximum atomic E-state index is 5.71. The van der Waals surface area contributed by atoms with E-state index in [1.165, 1.54) is 24.0 Å². The maximum absolute atomic E-state index is 5.71. The van der Waals surface area contributed by atoms with Crippen molar-refractivity contribution >= 4 is 0 Å². The topological polar surface area (TPSA) is 21.3 Å². The van der Waals surface area contributed by atoms with Gasteiger partial charge in [0.2, 0.25) is 0 Å². The van der Waals surface area contributed by atoms with Crippen LogP contribution < -0.4 is 10.1 Å². The Kier molecular flexibility index (Phi) is 3.62. The fourth-order valence-electron chi connectivity index (χ4n) is 1.74. The zero-order valence-electron chi connectivity index (χ0n) is 9.83. The van der Waals surface area contributed by atoms with Gasteiger partial charge in [0.15, 0.2) is 0 Å². The first-order valence-electron chi connectivity index (χ1n) is 5.87. The quantitative estimate of drug-likeness (QED) is 0.740. The van der Waals surface area contributed by atoms with Crippen molar-refractivity contribution < 1.29 is 4.74 Å². The molecule has 1 N–H and O–H groups in total. The smallest absolute Gasteiger partial charge is 0.127 e. The Hall–Kier alpha value is -1.28.